The Morgan fingerprint density at radius 1 is 1.25 bits per heavy atom. The van der Waals surface area contributed by atoms with E-state index in [4.69, 9.17) is 4.74 Å². The number of ether oxygens (including phenoxy) is 1. The number of thiazole rings is 1. The van der Waals surface area contributed by atoms with Crippen LogP contribution in [0, 0.1) is 0 Å². The summed E-state index contributed by atoms with van der Waals surface area (Å²) in [6.45, 7) is 3.92. The third kappa shape index (κ3) is 2.31. The van der Waals surface area contributed by atoms with Crippen molar-refractivity contribution in [2.24, 2.45) is 0 Å². The van der Waals surface area contributed by atoms with E-state index in [2.05, 4.69) is 44.5 Å². The number of H-pyrrole nitrogens is 1. The molecule has 1 aromatic carbocycles. The zero-order valence-electron chi connectivity index (χ0n) is 13.6. The normalized spacial score (nSPS) is 20.5. The summed E-state index contributed by atoms with van der Waals surface area (Å²) in [5.74, 6) is 0. The van der Waals surface area contributed by atoms with Crippen LogP contribution in [0.1, 0.15) is 29.8 Å². The minimum Gasteiger partial charge on any atom is -0.368 e. The van der Waals surface area contributed by atoms with Crippen molar-refractivity contribution in [1.29, 1.82) is 0 Å². The second-order valence-electron chi connectivity index (χ2n) is 6.87. The lowest BCUT2D eigenvalue weighted by Crippen LogP contribution is -2.46. The van der Waals surface area contributed by atoms with Crippen molar-refractivity contribution in [3.63, 3.8) is 0 Å². The number of nitrogens with one attached hydrogen (secondary N) is 1. The second-order valence-corrected chi connectivity index (χ2v) is 7.59. The quantitative estimate of drug-likeness (QED) is 0.774. The van der Waals surface area contributed by atoms with Gasteiger partial charge >= 0.3 is 0 Å². The van der Waals surface area contributed by atoms with Crippen molar-refractivity contribution in [3.05, 3.63) is 52.1 Å². The number of benzene rings is 1. The molecule has 5 rings (SSSR count). The summed E-state index contributed by atoms with van der Waals surface area (Å²) in [5.41, 5.74) is 7.05. The summed E-state index contributed by atoms with van der Waals surface area (Å²) in [7, 11) is 0. The molecule has 2 aromatic heterocycles. The molecule has 1 saturated heterocycles. The zero-order valence-corrected chi connectivity index (χ0v) is 14.4. The van der Waals surface area contributed by atoms with Gasteiger partial charge in [0, 0.05) is 35.9 Å². The first-order chi connectivity index (χ1) is 11.8. The molecule has 2 aliphatic heterocycles. The highest BCUT2D eigenvalue weighted by Gasteiger charge is 2.42. The van der Waals surface area contributed by atoms with Crippen LogP contribution in [0.5, 0.6) is 0 Å². The van der Waals surface area contributed by atoms with Gasteiger partial charge in [0.1, 0.15) is 5.60 Å². The van der Waals surface area contributed by atoms with Gasteiger partial charge in [-0.3, -0.25) is 4.90 Å². The van der Waals surface area contributed by atoms with E-state index in [1.807, 2.05) is 5.51 Å². The highest BCUT2D eigenvalue weighted by molar-refractivity contribution is 7.07. The lowest BCUT2D eigenvalue weighted by Gasteiger charge is -2.43. The van der Waals surface area contributed by atoms with Crippen molar-refractivity contribution in [2.45, 2.75) is 31.4 Å². The first-order valence-electron chi connectivity index (χ1n) is 8.67. The van der Waals surface area contributed by atoms with E-state index in [1.165, 1.54) is 27.9 Å². The summed E-state index contributed by atoms with van der Waals surface area (Å²) in [6.07, 6.45) is 3.12. The van der Waals surface area contributed by atoms with E-state index in [0.717, 1.165) is 45.5 Å². The number of hydrogen-bond acceptors (Lipinski definition) is 4. The molecule has 0 saturated carbocycles. The molecule has 24 heavy (non-hydrogen) atoms. The summed E-state index contributed by atoms with van der Waals surface area (Å²) >= 11 is 1.68. The van der Waals surface area contributed by atoms with Crippen LogP contribution in [-0.4, -0.2) is 34.6 Å². The fourth-order valence-electron chi connectivity index (χ4n) is 4.28. The monoisotopic (exact) mass is 339 g/mol. The van der Waals surface area contributed by atoms with Crippen LogP contribution in [0.4, 0.5) is 0 Å². The van der Waals surface area contributed by atoms with Gasteiger partial charge in [0.25, 0.3) is 0 Å². The molecule has 1 spiro atoms. The van der Waals surface area contributed by atoms with Gasteiger partial charge in [0.15, 0.2) is 0 Å². The summed E-state index contributed by atoms with van der Waals surface area (Å²) in [5, 5.41) is 3.53. The fraction of sp³-hybridized carbons (Fsp3) is 0.421. The zero-order chi connectivity index (χ0) is 16.0. The first-order valence-corrected chi connectivity index (χ1v) is 9.62. The molecule has 0 amide bonds. The Balaban J connectivity index is 1.42. The van der Waals surface area contributed by atoms with E-state index in [0.29, 0.717) is 0 Å². The van der Waals surface area contributed by atoms with Crippen LogP contribution >= 0.6 is 11.3 Å². The minimum absolute atomic E-state index is 0.120. The van der Waals surface area contributed by atoms with E-state index in [-0.39, 0.29) is 5.60 Å². The van der Waals surface area contributed by atoms with Crippen molar-refractivity contribution in [2.75, 3.05) is 19.7 Å². The maximum Gasteiger partial charge on any atom is 0.110 e. The number of rotatable bonds is 2. The van der Waals surface area contributed by atoms with Gasteiger partial charge in [-0.05, 0) is 30.9 Å². The van der Waals surface area contributed by atoms with E-state index in [9.17, 15) is 0 Å². The predicted octanol–water partition coefficient (Wildman–Crippen LogP) is 3.69. The maximum absolute atomic E-state index is 6.37. The molecular weight excluding hydrogens is 318 g/mol. The van der Waals surface area contributed by atoms with Gasteiger partial charge in [-0.2, -0.15) is 0 Å². The minimum atomic E-state index is -0.120. The number of likely N-dealkylation sites (tertiary alicyclic amines) is 1. The Morgan fingerprint density at radius 2 is 2.12 bits per heavy atom. The van der Waals surface area contributed by atoms with Gasteiger partial charge < -0.3 is 9.72 Å². The molecule has 2 aliphatic rings. The smallest absolute Gasteiger partial charge is 0.110 e. The van der Waals surface area contributed by atoms with E-state index >= 15 is 0 Å². The number of aromatic amines is 1. The summed E-state index contributed by atoms with van der Waals surface area (Å²) < 4.78 is 6.37. The van der Waals surface area contributed by atoms with Crippen molar-refractivity contribution in [3.8, 4) is 0 Å². The van der Waals surface area contributed by atoms with Crippen molar-refractivity contribution < 1.29 is 4.74 Å². The molecule has 4 heterocycles. The number of piperidine rings is 1. The molecule has 0 radical (unpaired) electrons. The van der Waals surface area contributed by atoms with Gasteiger partial charge in [0.05, 0.1) is 23.5 Å². The molecule has 0 atom stereocenters. The van der Waals surface area contributed by atoms with Crippen LogP contribution < -0.4 is 0 Å². The standard InChI is InChI=1S/C19H21N3OS/c1-2-4-17-15(3-1)16-5-10-23-19(18(16)21-17)6-8-22(9-7-19)11-14-12-24-13-20-14/h1-4,12-13,21H,5-11H2. The number of fused-ring (bicyclic) bond motifs is 4. The second kappa shape index (κ2) is 5.69. The Labute approximate surface area is 145 Å². The third-order valence-electron chi connectivity index (χ3n) is 5.53. The average Bonchev–Trinajstić information content (AvgIpc) is 3.26. The molecule has 0 bridgehead atoms. The van der Waals surface area contributed by atoms with Crippen LogP contribution in [0.3, 0.4) is 0 Å². The Kier molecular flexibility index (Phi) is 3.47. The van der Waals surface area contributed by atoms with Crippen LogP contribution in [0.25, 0.3) is 10.9 Å². The number of hydrogen-bond donors (Lipinski definition) is 1. The van der Waals surface area contributed by atoms with Crippen molar-refractivity contribution in [1.82, 2.24) is 14.9 Å². The molecule has 1 N–H and O–H groups in total. The average molecular weight is 339 g/mol. The Bertz CT molecular complexity index is 847. The molecule has 4 nitrogen and oxygen atoms in total. The molecule has 3 aromatic rings. The molecule has 5 heteroatoms. The molecule has 124 valence electrons. The summed E-state index contributed by atoms with van der Waals surface area (Å²) in [4.78, 5) is 10.6. The van der Waals surface area contributed by atoms with Gasteiger partial charge in [-0.25, -0.2) is 4.98 Å². The van der Waals surface area contributed by atoms with E-state index in [1.54, 1.807) is 11.3 Å². The SMILES string of the molecule is c1ccc2c3c([nH]c2c1)C1(CCN(Cc2cscn2)CC1)OCC3. The Morgan fingerprint density at radius 3 is 2.96 bits per heavy atom. The highest BCUT2D eigenvalue weighted by Crippen LogP contribution is 2.43. The molecular formula is C19H21N3OS. The number of nitrogens with zero attached hydrogens (tertiary/aromatic N) is 2. The predicted molar refractivity (Wildman–Crippen MR) is 96.3 cm³/mol. The maximum atomic E-state index is 6.37. The number of para-hydroxylation sites is 1. The first kappa shape index (κ1) is 14.6. The summed E-state index contributed by atoms with van der Waals surface area (Å²) in [6, 6.07) is 8.66. The van der Waals surface area contributed by atoms with Gasteiger partial charge in [0.2, 0.25) is 0 Å². The van der Waals surface area contributed by atoms with Crippen molar-refractivity contribution >= 4 is 22.2 Å². The topological polar surface area (TPSA) is 41.2 Å². The van der Waals surface area contributed by atoms with Gasteiger partial charge in [-0.1, -0.05) is 18.2 Å². The van der Waals surface area contributed by atoms with E-state index < -0.39 is 0 Å². The largest absolute Gasteiger partial charge is 0.368 e. The fourth-order valence-corrected chi connectivity index (χ4v) is 4.83. The third-order valence-corrected chi connectivity index (χ3v) is 6.17. The lowest BCUT2D eigenvalue weighted by molar-refractivity contribution is -0.101. The lowest BCUT2D eigenvalue weighted by atomic mass is 9.83. The number of aromatic nitrogens is 2. The molecule has 0 unspecified atom stereocenters. The van der Waals surface area contributed by atoms with Crippen LogP contribution in [-0.2, 0) is 23.3 Å². The Hall–Kier alpha value is -1.69. The molecule has 0 aliphatic carbocycles. The highest BCUT2D eigenvalue weighted by atomic mass is 32.1. The molecule has 1 fully saturated rings. The van der Waals surface area contributed by atoms with Crippen LogP contribution in [0.2, 0.25) is 0 Å². The van der Waals surface area contributed by atoms with Crippen LogP contribution in [0.15, 0.2) is 35.2 Å². The van der Waals surface area contributed by atoms with Gasteiger partial charge in [-0.15, -0.1) is 11.3 Å².